The third kappa shape index (κ3) is 6.61. The minimum absolute atomic E-state index is 0.0179. The summed E-state index contributed by atoms with van der Waals surface area (Å²) in [5.41, 5.74) is 0.787. The molecule has 40 heavy (non-hydrogen) atoms. The number of ether oxygens (including phenoxy) is 1. The van der Waals surface area contributed by atoms with Crippen molar-refractivity contribution in [3.05, 3.63) is 58.7 Å². The largest absolute Gasteiger partial charge is 0.451 e. The van der Waals surface area contributed by atoms with Crippen molar-refractivity contribution >= 4 is 38.3 Å². The van der Waals surface area contributed by atoms with Crippen LogP contribution in [0.1, 0.15) is 54.1 Å². The quantitative estimate of drug-likeness (QED) is 0.409. The number of nitrogens with one attached hydrogen (secondary N) is 2. The van der Waals surface area contributed by atoms with E-state index in [4.69, 9.17) is 4.74 Å². The zero-order chi connectivity index (χ0) is 29.6. The van der Waals surface area contributed by atoms with Gasteiger partial charge in [0, 0.05) is 29.6 Å². The number of aromatic nitrogens is 2. The Balaban J connectivity index is 1.67. The van der Waals surface area contributed by atoms with Gasteiger partial charge in [-0.25, -0.2) is 22.8 Å². The van der Waals surface area contributed by atoms with Crippen LogP contribution < -0.4 is 14.9 Å². The number of aryl methyl sites for hydroxylation is 1. The number of amides is 1. The van der Waals surface area contributed by atoms with Crippen LogP contribution >= 0.6 is 0 Å². The lowest BCUT2D eigenvalue weighted by Gasteiger charge is -2.36. The number of nitrogens with zero attached hydrogens (tertiary/aromatic N) is 3. The lowest BCUT2D eigenvalue weighted by Crippen LogP contribution is -2.46. The fraction of sp³-hybridized carbons (Fsp3) is 0.423. The molecule has 2 unspecified atom stereocenters. The fourth-order valence-electron chi connectivity index (χ4n) is 4.68. The van der Waals surface area contributed by atoms with Crippen molar-refractivity contribution in [3.63, 3.8) is 0 Å². The van der Waals surface area contributed by atoms with Gasteiger partial charge in [0.15, 0.2) is 0 Å². The van der Waals surface area contributed by atoms with Gasteiger partial charge >= 0.3 is 6.18 Å². The standard InChI is InChI=1S/C26H29F4N5O4S/c1-13-8-18(20(27)10-22(13)34-40(5,37)38)16(4)31-24(36)17-6-7-21-19(9-17)23(33-25(32-21)26(28,29)30)35-11-14(2)39-15(3)12-35/h6-10,14-16,34H,11-12H2,1-5H3,(H,31,36)/t14-,15?,16?/m1/s1. The number of rotatable bonds is 6. The third-order valence-corrected chi connectivity index (χ3v) is 6.95. The highest BCUT2D eigenvalue weighted by Gasteiger charge is 2.37. The first kappa shape index (κ1) is 29.5. The minimum Gasteiger partial charge on any atom is -0.372 e. The predicted octanol–water partition coefficient (Wildman–Crippen LogP) is 4.57. The minimum atomic E-state index is -4.77. The molecule has 1 fully saturated rings. The van der Waals surface area contributed by atoms with E-state index in [1.165, 1.54) is 24.3 Å². The Labute approximate surface area is 229 Å². The Morgan fingerprint density at radius 1 is 1.12 bits per heavy atom. The van der Waals surface area contributed by atoms with Crippen molar-refractivity contribution in [1.29, 1.82) is 0 Å². The summed E-state index contributed by atoms with van der Waals surface area (Å²) in [4.78, 5) is 22.4. The fourth-order valence-corrected chi connectivity index (χ4v) is 5.29. The maximum Gasteiger partial charge on any atom is 0.451 e. The summed E-state index contributed by atoms with van der Waals surface area (Å²) in [5.74, 6) is -2.57. The molecule has 1 saturated heterocycles. The first-order valence-electron chi connectivity index (χ1n) is 12.4. The number of hydrogen-bond acceptors (Lipinski definition) is 7. The van der Waals surface area contributed by atoms with E-state index in [2.05, 4.69) is 20.0 Å². The number of anilines is 2. The van der Waals surface area contributed by atoms with Gasteiger partial charge in [-0.3, -0.25) is 9.52 Å². The number of alkyl halides is 3. The lowest BCUT2D eigenvalue weighted by atomic mass is 10.0. The van der Waals surface area contributed by atoms with E-state index in [1.807, 2.05) is 13.8 Å². The molecule has 1 amide bonds. The molecule has 0 spiro atoms. The number of carbonyl (C=O) groups is 1. The molecule has 216 valence electrons. The Bertz CT molecular complexity index is 1550. The molecule has 1 aromatic heterocycles. The molecule has 0 radical (unpaired) electrons. The maximum atomic E-state index is 14.9. The average molecular weight is 584 g/mol. The highest BCUT2D eigenvalue weighted by Crippen LogP contribution is 2.33. The Morgan fingerprint density at radius 3 is 2.38 bits per heavy atom. The van der Waals surface area contributed by atoms with Gasteiger partial charge in [0.1, 0.15) is 11.6 Å². The average Bonchev–Trinajstić information content (AvgIpc) is 2.82. The molecule has 0 bridgehead atoms. The van der Waals surface area contributed by atoms with Gasteiger partial charge in [-0.2, -0.15) is 13.2 Å². The number of fused-ring (bicyclic) bond motifs is 1. The summed E-state index contributed by atoms with van der Waals surface area (Å²) in [6.45, 7) is 7.36. The summed E-state index contributed by atoms with van der Waals surface area (Å²) < 4.78 is 86.7. The van der Waals surface area contributed by atoms with Crippen LogP contribution in [0.2, 0.25) is 0 Å². The molecule has 1 aliphatic heterocycles. The van der Waals surface area contributed by atoms with E-state index in [0.29, 0.717) is 18.7 Å². The zero-order valence-electron chi connectivity index (χ0n) is 22.4. The van der Waals surface area contributed by atoms with Crippen molar-refractivity contribution in [1.82, 2.24) is 15.3 Å². The van der Waals surface area contributed by atoms with Crippen LogP contribution in [-0.4, -0.2) is 55.8 Å². The van der Waals surface area contributed by atoms with Crippen LogP contribution in [0.15, 0.2) is 30.3 Å². The second-order valence-electron chi connectivity index (χ2n) is 10.0. The smallest absolute Gasteiger partial charge is 0.372 e. The number of morpholine rings is 1. The summed E-state index contributed by atoms with van der Waals surface area (Å²) in [6, 6.07) is 5.72. The van der Waals surface area contributed by atoms with E-state index >= 15 is 0 Å². The molecular formula is C26H29F4N5O4S. The molecule has 9 nitrogen and oxygen atoms in total. The highest BCUT2D eigenvalue weighted by atomic mass is 32.2. The normalized spacial score (nSPS) is 19.0. The molecule has 2 N–H and O–H groups in total. The number of sulfonamides is 1. The maximum absolute atomic E-state index is 14.9. The topological polar surface area (TPSA) is 114 Å². The second kappa shape index (κ2) is 10.8. The second-order valence-corrected chi connectivity index (χ2v) is 11.8. The summed E-state index contributed by atoms with van der Waals surface area (Å²) in [5, 5.41) is 2.95. The molecule has 2 aromatic carbocycles. The molecule has 4 rings (SSSR count). The Hall–Kier alpha value is -3.52. The van der Waals surface area contributed by atoms with Gasteiger partial charge in [0.05, 0.1) is 35.7 Å². The van der Waals surface area contributed by atoms with Crippen LogP contribution in [0.5, 0.6) is 0 Å². The van der Waals surface area contributed by atoms with Crippen LogP contribution in [0.3, 0.4) is 0 Å². The van der Waals surface area contributed by atoms with Crippen LogP contribution in [0.25, 0.3) is 10.9 Å². The lowest BCUT2D eigenvalue weighted by molar-refractivity contribution is -0.144. The summed E-state index contributed by atoms with van der Waals surface area (Å²) in [6.07, 6.45) is -4.33. The molecular weight excluding hydrogens is 554 g/mol. The molecule has 0 saturated carbocycles. The van der Waals surface area contributed by atoms with Gasteiger partial charge in [-0.1, -0.05) is 0 Å². The van der Waals surface area contributed by atoms with E-state index in [1.54, 1.807) is 18.7 Å². The van der Waals surface area contributed by atoms with Crippen LogP contribution in [0, 0.1) is 12.7 Å². The van der Waals surface area contributed by atoms with Crippen molar-refractivity contribution in [2.45, 2.75) is 52.1 Å². The number of hydrogen-bond donors (Lipinski definition) is 2. The van der Waals surface area contributed by atoms with Gasteiger partial charge in [-0.05, 0) is 63.6 Å². The number of halogens is 4. The molecule has 1 aliphatic rings. The van der Waals surface area contributed by atoms with E-state index in [9.17, 15) is 30.8 Å². The number of benzene rings is 2. The molecule has 2 heterocycles. The first-order valence-corrected chi connectivity index (χ1v) is 14.3. The summed E-state index contributed by atoms with van der Waals surface area (Å²) >= 11 is 0. The van der Waals surface area contributed by atoms with E-state index in [0.717, 1.165) is 12.3 Å². The predicted molar refractivity (Wildman–Crippen MR) is 142 cm³/mol. The van der Waals surface area contributed by atoms with E-state index < -0.39 is 39.8 Å². The van der Waals surface area contributed by atoms with Gasteiger partial charge in [-0.15, -0.1) is 0 Å². The SMILES string of the molecule is Cc1cc(C(C)NC(=O)c2ccc3nc(C(F)(F)F)nc(N4CC(C)O[C@H](C)C4)c3c2)c(F)cc1NS(C)(=O)=O. The zero-order valence-corrected chi connectivity index (χ0v) is 23.2. The van der Waals surface area contributed by atoms with Crippen molar-refractivity contribution in [2.75, 3.05) is 29.0 Å². The third-order valence-electron chi connectivity index (χ3n) is 6.36. The Kier molecular flexibility index (Phi) is 7.96. The summed E-state index contributed by atoms with van der Waals surface area (Å²) in [7, 11) is -3.62. The van der Waals surface area contributed by atoms with Gasteiger partial charge in [0.25, 0.3) is 5.91 Å². The highest BCUT2D eigenvalue weighted by molar-refractivity contribution is 7.92. The molecule has 14 heteroatoms. The van der Waals surface area contributed by atoms with Gasteiger partial charge < -0.3 is 15.0 Å². The van der Waals surface area contributed by atoms with E-state index in [-0.39, 0.29) is 45.7 Å². The van der Waals surface area contributed by atoms with Crippen LogP contribution in [0.4, 0.5) is 29.1 Å². The van der Waals surface area contributed by atoms with Gasteiger partial charge in [0.2, 0.25) is 15.8 Å². The monoisotopic (exact) mass is 583 g/mol. The molecule has 3 aromatic rings. The Morgan fingerprint density at radius 2 is 1.77 bits per heavy atom. The van der Waals surface area contributed by atoms with Crippen molar-refractivity contribution in [2.24, 2.45) is 0 Å². The van der Waals surface area contributed by atoms with Crippen molar-refractivity contribution in [3.8, 4) is 0 Å². The van der Waals surface area contributed by atoms with Crippen molar-refractivity contribution < 1.29 is 35.5 Å². The molecule has 0 aliphatic carbocycles. The van der Waals surface area contributed by atoms with Crippen LogP contribution in [-0.2, 0) is 20.9 Å². The first-order chi connectivity index (χ1) is 18.5. The molecule has 3 atom stereocenters. The number of carbonyl (C=O) groups excluding carboxylic acids is 1.